The molecule has 0 saturated carbocycles. The van der Waals surface area contributed by atoms with Crippen molar-refractivity contribution < 1.29 is 9.59 Å². The average molecular weight is 446 g/mol. The standard InChI is InChI=1S/C23H25Cl2N3O2/c24-16-6-9-20(21(25)10-16)23(30)26-13-22(29)27-17-11-18-7-8-19(12-17)28(18)14-15-4-2-1-3-5-15/h1-6,9-10,17-19H,7-8,11-14H2,(H,26,30)(H,27,29). The third kappa shape index (κ3) is 4.97. The lowest BCUT2D eigenvalue weighted by Gasteiger charge is -2.39. The maximum absolute atomic E-state index is 12.4. The van der Waals surface area contributed by atoms with E-state index < -0.39 is 0 Å². The Morgan fingerprint density at radius 2 is 1.70 bits per heavy atom. The summed E-state index contributed by atoms with van der Waals surface area (Å²) in [7, 11) is 0. The number of benzene rings is 2. The highest BCUT2D eigenvalue weighted by atomic mass is 35.5. The van der Waals surface area contributed by atoms with E-state index in [4.69, 9.17) is 23.2 Å². The van der Waals surface area contributed by atoms with Crippen LogP contribution in [0.25, 0.3) is 0 Å². The van der Waals surface area contributed by atoms with Gasteiger partial charge in [-0.05, 0) is 49.4 Å². The molecule has 2 bridgehead atoms. The molecule has 7 heteroatoms. The molecule has 30 heavy (non-hydrogen) atoms. The van der Waals surface area contributed by atoms with E-state index >= 15 is 0 Å². The highest BCUT2D eigenvalue weighted by Gasteiger charge is 2.40. The third-order valence-electron chi connectivity index (χ3n) is 6.04. The first-order chi connectivity index (χ1) is 14.5. The molecule has 0 spiro atoms. The minimum absolute atomic E-state index is 0.0721. The first-order valence-electron chi connectivity index (χ1n) is 10.3. The van der Waals surface area contributed by atoms with Crippen molar-refractivity contribution >= 4 is 35.0 Å². The molecule has 0 radical (unpaired) electrons. The van der Waals surface area contributed by atoms with E-state index in [1.807, 2.05) is 6.07 Å². The quantitative estimate of drug-likeness (QED) is 0.705. The fourth-order valence-electron chi connectivity index (χ4n) is 4.65. The molecular weight excluding hydrogens is 421 g/mol. The summed E-state index contributed by atoms with van der Waals surface area (Å²) in [6.07, 6.45) is 4.25. The van der Waals surface area contributed by atoms with Gasteiger partial charge in [-0.15, -0.1) is 0 Å². The highest BCUT2D eigenvalue weighted by Crippen LogP contribution is 2.36. The summed E-state index contributed by atoms with van der Waals surface area (Å²) in [6.45, 7) is 0.895. The summed E-state index contributed by atoms with van der Waals surface area (Å²) >= 11 is 11.9. The van der Waals surface area contributed by atoms with E-state index in [9.17, 15) is 9.59 Å². The second kappa shape index (κ2) is 9.38. The molecule has 2 aliphatic heterocycles. The SMILES string of the molecule is O=C(CNC(=O)c1ccc(Cl)cc1Cl)NC1CC2CCC(C1)N2Cc1ccccc1. The van der Waals surface area contributed by atoms with E-state index in [0.29, 0.717) is 22.7 Å². The Kier molecular flexibility index (Phi) is 6.61. The van der Waals surface area contributed by atoms with Gasteiger partial charge in [-0.2, -0.15) is 0 Å². The smallest absolute Gasteiger partial charge is 0.253 e. The largest absolute Gasteiger partial charge is 0.352 e. The van der Waals surface area contributed by atoms with Gasteiger partial charge in [0.2, 0.25) is 5.91 Å². The second-order valence-corrected chi connectivity index (χ2v) is 8.93. The van der Waals surface area contributed by atoms with Gasteiger partial charge < -0.3 is 10.6 Å². The van der Waals surface area contributed by atoms with Gasteiger partial charge in [0.25, 0.3) is 5.91 Å². The van der Waals surface area contributed by atoms with Gasteiger partial charge in [-0.3, -0.25) is 14.5 Å². The number of amides is 2. The van der Waals surface area contributed by atoms with Crippen LogP contribution < -0.4 is 10.6 Å². The van der Waals surface area contributed by atoms with Crippen molar-refractivity contribution in [2.45, 2.75) is 50.4 Å². The van der Waals surface area contributed by atoms with Gasteiger partial charge in [0.1, 0.15) is 0 Å². The van der Waals surface area contributed by atoms with Crippen LogP contribution in [-0.4, -0.2) is 41.4 Å². The first kappa shape index (κ1) is 21.2. The third-order valence-corrected chi connectivity index (χ3v) is 6.59. The summed E-state index contributed by atoms with van der Waals surface area (Å²) in [5.41, 5.74) is 1.64. The van der Waals surface area contributed by atoms with Crippen LogP contribution in [0.2, 0.25) is 10.0 Å². The van der Waals surface area contributed by atoms with Crippen LogP contribution >= 0.6 is 23.2 Å². The minimum Gasteiger partial charge on any atom is -0.352 e. The first-order valence-corrected chi connectivity index (χ1v) is 11.1. The topological polar surface area (TPSA) is 61.4 Å². The number of piperidine rings is 1. The van der Waals surface area contributed by atoms with Crippen LogP contribution in [0.1, 0.15) is 41.6 Å². The van der Waals surface area contributed by atoms with Crippen molar-refractivity contribution in [3.8, 4) is 0 Å². The van der Waals surface area contributed by atoms with E-state index in [-0.39, 0.29) is 29.4 Å². The van der Waals surface area contributed by atoms with Gasteiger partial charge in [-0.25, -0.2) is 0 Å². The number of hydrogen-bond acceptors (Lipinski definition) is 3. The Morgan fingerprint density at radius 1 is 1.00 bits per heavy atom. The average Bonchev–Trinajstić information content (AvgIpc) is 2.95. The Hall–Kier alpha value is -2.08. The molecule has 2 aliphatic rings. The zero-order valence-electron chi connectivity index (χ0n) is 16.6. The summed E-state index contributed by atoms with van der Waals surface area (Å²) in [6, 6.07) is 16.3. The fraction of sp³-hybridized carbons (Fsp3) is 0.391. The van der Waals surface area contributed by atoms with E-state index in [0.717, 1.165) is 19.4 Å². The molecule has 0 aromatic heterocycles. The molecule has 4 rings (SSSR count). The van der Waals surface area contributed by atoms with Gasteiger partial charge in [-0.1, -0.05) is 53.5 Å². The molecule has 2 fully saturated rings. The number of nitrogens with zero attached hydrogens (tertiary/aromatic N) is 1. The molecule has 2 unspecified atom stereocenters. The van der Waals surface area contributed by atoms with E-state index in [2.05, 4.69) is 39.8 Å². The fourth-order valence-corrected chi connectivity index (χ4v) is 5.15. The van der Waals surface area contributed by atoms with Crippen molar-refractivity contribution in [2.75, 3.05) is 6.54 Å². The Bertz CT molecular complexity index is 908. The number of rotatable bonds is 6. The number of fused-ring (bicyclic) bond motifs is 2. The van der Waals surface area contributed by atoms with Crippen LogP contribution in [0, 0.1) is 0 Å². The maximum atomic E-state index is 12.4. The van der Waals surface area contributed by atoms with Crippen LogP contribution in [0.4, 0.5) is 0 Å². The zero-order valence-corrected chi connectivity index (χ0v) is 18.1. The zero-order chi connectivity index (χ0) is 21.1. The highest BCUT2D eigenvalue weighted by molar-refractivity contribution is 6.36. The lowest BCUT2D eigenvalue weighted by Crippen LogP contribution is -2.51. The van der Waals surface area contributed by atoms with Gasteiger partial charge in [0.15, 0.2) is 0 Å². The number of nitrogens with one attached hydrogen (secondary N) is 2. The van der Waals surface area contributed by atoms with Crippen LogP contribution in [0.5, 0.6) is 0 Å². The molecule has 2 aromatic rings. The molecule has 2 saturated heterocycles. The van der Waals surface area contributed by atoms with Crippen molar-refractivity contribution in [3.05, 3.63) is 69.7 Å². The van der Waals surface area contributed by atoms with Gasteiger partial charge >= 0.3 is 0 Å². The predicted octanol–water partition coefficient (Wildman–Crippen LogP) is 4.04. The summed E-state index contributed by atoms with van der Waals surface area (Å²) in [5, 5.41) is 6.47. The minimum atomic E-state index is -0.385. The van der Waals surface area contributed by atoms with E-state index in [1.165, 1.54) is 24.5 Å². The van der Waals surface area contributed by atoms with Crippen molar-refractivity contribution in [1.82, 2.24) is 15.5 Å². The Balaban J connectivity index is 1.26. The molecule has 158 valence electrons. The number of carbonyl (C=O) groups excluding carboxylic acids is 2. The molecule has 2 atom stereocenters. The lowest BCUT2D eigenvalue weighted by molar-refractivity contribution is -0.121. The summed E-state index contributed by atoms with van der Waals surface area (Å²) < 4.78 is 0. The van der Waals surface area contributed by atoms with Gasteiger partial charge in [0, 0.05) is 29.7 Å². The molecule has 2 aromatic carbocycles. The maximum Gasteiger partial charge on any atom is 0.253 e. The molecule has 2 N–H and O–H groups in total. The number of hydrogen-bond donors (Lipinski definition) is 2. The molecular formula is C23H25Cl2N3O2. The molecule has 0 aliphatic carbocycles. The Labute approximate surface area is 186 Å². The Morgan fingerprint density at radius 3 is 2.37 bits per heavy atom. The van der Waals surface area contributed by atoms with Gasteiger partial charge in [0.05, 0.1) is 17.1 Å². The molecule has 2 heterocycles. The van der Waals surface area contributed by atoms with Crippen molar-refractivity contribution in [2.24, 2.45) is 0 Å². The monoisotopic (exact) mass is 445 g/mol. The predicted molar refractivity (Wildman–Crippen MR) is 119 cm³/mol. The molecule has 2 amide bonds. The number of carbonyl (C=O) groups is 2. The van der Waals surface area contributed by atoms with Crippen molar-refractivity contribution in [3.63, 3.8) is 0 Å². The summed E-state index contributed by atoms with van der Waals surface area (Å²) in [5.74, 6) is -0.557. The summed E-state index contributed by atoms with van der Waals surface area (Å²) in [4.78, 5) is 27.3. The molecule has 5 nitrogen and oxygen atoms in total. The van der Waals surface area contributed by atoms with E-state index in [1.54, 1.807) is 12.1 Å². The van der Waals surface area contributed by atoms with Crippen LogP contribution in [0.15, 0.2) is 48.5 Å². The van der Waals surface area contributed by atoms with Crippen LogP contribution in [-0.2, 0) is 11.3 Å². The van der Waals surface area contributed by atoms with Crippen molar-refractivity contribution in [1.29, 1.82) is 0 Å². The number of halogens is 2. The lowest BCUT2D eigenvalue weighted by atomic mass is 9.96. The van der Waals surface area contributed by atoms with Crippen LogP contribution in [0.3, 0.4) is 0 Å². The second-order valence-electron chi connectivity index (χ2n) is 8.09. The normalized spacial score (nSPS) is 23.2.